The van der Waals surface area contributed by atoms with E-state index in [1.165, 1.54) is 18.9 Å². The summed E-state index contributed by atoms with van der Waals surface area (Å²) >= 11 is 0. The summed E-state index contributed by atoms with van der Waals surface area (Å²) in [6, 6.07) is 10.6. The van der Waals surface area contributed by atoms with Crippen molar-refractivity contribution in [1.82, 2.24) is 14.8 Å². The summed E-state index contributed by atoms with van der Waals surface area (Å²) in [4.78, 5) is 29.0. The number of pyridine rings is 1. The number of fused-ring (bicyclic) bond motifs is 4. The number of H-pyrrole nitrogens is 2. The summed E-state index contributed by atoms with van der Waals surface area (Å²) in [6.45, 7) is 6.19. The third-order valence-corrected chi connectivity index (χ3v) is 7.26. The first kappa shape index (κ1) is 23.2. The minimum atomic E-state index is -0.516. The molecule has 0 spiro atoms. The number of phenols is 1. The van der Waals surface area contributed by atoms with Gasteiger partial charge in [0.05, 0.1) is 16.9 Å². The minimum absolute atomic E-state index is 0.103. The van der Waals surface area contributed by atoms with E-state index in [4.69, 9.17) is 9.15 Å². The van der Waals surface area contributed by atoms with Crippen LogP contribution < -0.4 is 15.7 Å². The molecule has 0 aliphatic heterocycles. The number of aromatic nitrogens is 3. The van der Waals surface area contributed by atoms with E-state index in [0.717, 1.165) is 36.8 Å². The lowest BCUT2D eigenvalue weighted by atomic mass is 10.0. The normalized spacial score (nSPS) is 14.9. The molecule has 5 aromatic rings. The van der Waals surface area contributed by atoms with E-state index in [1.54, 1.807) is 6.07 Å². The predicted octanol–water partition coefficient (Wildman–Crippen LogP) is 6.14. The van der Waals surface area contributed by atoms with Gasteiger partial charge >= 0.3 is 0 Å². The molecule has 37 heavy (non-hydrogen) atoms. The average molecular weight is 500 g/mol. The molecular formula is C29H29N3O5. The second-order valence-corrected chi connectivity index (χ2v) is 10.0. The fraction of sp³-hybridized carbons (Fsp3) is 0.310. The Balaban J connectivity index is 1.64. The van der Waals surface area contributed by atoms with Crippen molar-refractivity contribution in [3.63, 3.8) is 0 Å². The van der Waals surface area contributed by atoms with Crippen molar-refractivity contribution in [1.29, 1.82) is 0 Å². The molecule has 1 saturated carbocycles. The van der Waals surface area contributed by atoms with Crippen molar-refractivity contribution in [2.45, 2.75) is 51.5 Å². The van der Waals surface area contributed by atoms with E-state index in [2.05, 4.69) is 16.7 Å². The summed E-state index contributed by atoms with van der Waals surface area (Å²) in [5.41, 5.74) is 3.35. The van der Waals surface area contributed by atoms with E-state index in [9.17, 15) is 14.7 Å². The lowest BCUT2D eigenvalue weighted by Gasteiger charge is -2.17. The van der Waals surface area contributed by atoms with Crippen molar-refractivity contribution in [3.8, 4) is 22.6 Å². The molecule has 6 rings (SSSR count). The maximum Gasteiger partial charge on any atom is 0.274 e. The summed E-state index contributed by atoms with van der Waals surface area (Å²) in [6.07, 6.45) is 6.60. The van der Waals surface area contributed by atoms with Gasteiger partial charge in [0.2, 0.25) is 11.2 Å². The molecule has 3 N–H and O–H groups in total. The highest BCUT2D eigenvalue weighted by Gasteiger charge is 2.26. The zero-order chi connectivity index (χ0) is 25.7. The maximum atomic E-state index is 13.5. The van der Waals surface area contributed by atoms with Crippen LogP contribution in [0.25, 0.3) is 44.2 Å². The first-order chi connectivity index (χ1) is 17.9. The largest absolute Gasteiger partial charge is 0.502 e. The lowest BCUT2D eigenvalue weighted by Crippen LogP contribution is -2.13. The van der Waals surface area contributed by atoms with Gasteiger partial charge in [-0.15, -0.1) is 0 Å². The number of aromatic hydroxyl groups is 1. The smallest absolute Gasteiger partial charge is 0.274 e. The molecule has 8 heteroatoms. The van der Waals surface area contributed by atoms with Crippen LogP contribution in [0.2, 0.25) is 0 Å². The van der Waals surface area contributed by atoms with Gasteiger partial charge in [-0.25, -0.2) is 0 Å². The fourth-order valence-corrected chi connectivity index (χ4v) is 5.45. The Labute approximate surface area is 212 Å². The Hall–Kier alpha value is -4.20. The molecule has 0 unspecified atom stereocenters. The second-order valence-electron chi connectivity index (χ2n) is 10.0. The van der Waals surface area contributed by atoms with Crippen LogP contribution in [0.5, 0.6) is 11.5 Å². The minimum Gasteiger partial charge on any atom is -0.502 e. The fourth-order valence-electron chi connectivity index (χ4n) is 5.45. The highest BCUT2D eigenvalue weighted by atomic mass is 16.5. The number of hydrogen-bond acceptors (Lipinski definition) is 5. The van der Waals surface area contributed by atoms with Crippen LogP contribution >= 0.6 is 0 Å². The van der Waals surface area contributed by atoms with Gasteiger partial charge in [0.25, 0.3) is 5.56 Å². The van der Waals surface area contributed by atoms with E-state index in [0.29, 0.717) is 45.4 Å². The highest BCUT2D eigenvalue weighted by molar-refractivity contribution is 6.15. The molecule has 3 heterocycles. The Bertz CT molecular complexity index is 1760. The molecule has 190 valence electrons. The molecule has 1 fully saturated rings. The van der Waals surface area contributed by atoms with Crippen LogP contribution in [0, 0.1) is 0 Å². The van der Waals surface area contributed by atoms with E-state index in [-0.39, 0.29) is 17.2 Å². The van der Waals surface area contributed by atoms with Gasteiger partial charge in [0, 0.05) is 10.9 Å². The molecule has 1 aliphatic rings. The number of aromatic amines is 2. The monoisotopic (exact) mass is 499 g/mol. The molecule has 0 saturated heterocycles. The number of nitrogens with one attached hydrogen (secondary N) is 2. The van der Waals surface area contributed by atoms with Gasteiger partial charge in [-0.05, 0) is 55.2 Å². The van der Waals surface area contributed by atoms with Crippen LogP contribution in [-0.4, -0.2) is 26.5 Å². The summed E-state index contributed by atoms with van der Waals surface area (Å²) in [5.74, 6) is 0.242. The third kappa shape index (κ3) is 3.93. The number of furan rings is 1. The van der Waals surface area contributed by atoms with Gasteiger partial charge < -0.3 is 19.2 Å². The first-order valence-electron chi connectivity index (χ1n) is 12.7. The molecule has 0 amide bonds. The molecule has 0 atom stereocenters. The van der Waals surface area contributed by atoms with Gasteiger partial charge in [0.1, 0.15) is 18.0 Å². The second kappa shape index (κ2) is 9.03. The number of ether oxygens (including phenoxy) is 1. The summed E-state index contributed by atoms with van der Waals surface area (Å²) in [7, 11) is 0. The third-order valence-electron chi connectivity index (χ3n) is 7.26. The van der Waals surface area contributed by atoms with Crippen LogP contribution in [0.1, 0.15) is 51.5 Å². The molecule has 0 bridgehead atoms. The number of hydrogen-bond donors (Lipinski definition) is 3. The molecular weight excluding hydrogens is 470 g/mol. The maximum absolute atomic E-state index is 13.5. The molecule has 8 nitrogen and oxygen atoms in total. The topological polar surface area (TPSA) is 113 Å². The molecule has 3 aromatic heterocycles. The Morgan fingerprint density at radius 1 is 1.08 bits per heavy atom. The predicted molar refractivity (Wildman–Crippen MR) is 145 cm³/mol. The van der Waals surface area contributed by atoms with Gasteiger partial charge in [-0.3, -0.25) is 19.4 Å². The van der Waals surface area contributed by atoms with Gasteiger partial charge in [0.15, 0.2) is 11.2 Å². The average Bonchev–Trinajstić information content (AvgIpc) is 3.28. The Kier molecular flexibility index (Phi) is 5.67. The number of nitrogens with zero attached hydrogens (tertiary/aromatic N) is 1. The van der Waals surface area contributed by atoms with Crippen LogP contribution in [0.3, 0.4) is 0 Å². The standard InChI is InChI=1S/C29H29N3O5/c1-16(2)15-36-19-11-9-17(10-12-19)22-23-28(32(31-29(23)35)18-7-5-3-4-6-8-18)30-24-20-13-14-21(33)25(34)26(20)37-27(22)24/h9-14,18,30,34H,1,3-8,15H2,2H3,(H,31,35). The SMILES string of the molecule is C=C(C)COc1ccc(-c2c3oc4c(O)c(=O)ccc4c3[nH]c3c2c(=O)[nH]n3C2CCCCCC2)cc1. The van der Waals surface area contributed by atoms with E-state index in [1.807, 2.05) is 35.9 Å². The first-order valence-corrected chi connectivity index (χ1v) is 12.7. The van der Waals surface area contributed by atoms with E-state index < -0.39 is 11.2 Å². The number of phenolic OH excluding ortho intramolecular Hbond substituents is 1. The van der Waals surface area contributed by atoms with Crippen molar-refractivity contribution >= 4 is 33.1 Å². The quantitative estimate of drug-likeness (QED) is 0.199. The summed E-state index contributed by atoms with van der Waals surface area (Å²) in [5, 5.41) is 14.6. The van der Waals surface area contributed by atoms with Crippen LogP contribution in [-0.2, 0) is 0 Å². The van der Waals surface area contributed by atoms with Crippen molar-refractivity contribution in [2.24, 2.45) is 0 Å². The molecule has 0 radical (unpaired) electrons. The number of rotatable bonds is 5. The van der Waals surface area contributed by atoms with Crippen molar-refractivity contribution in [3.05, 3.63) is 69.1 Å². The van der Waals surface area contributed by atoms with Crippen LogP contribution in [0.4, 0.5) is 0 Å². The highest BCUT2D eigenvalue weighted by Crippen LogP contribution is 2.41. The zero-order valence-corrected chi connectivity index (χ0v) is 20.7. The number of benzene rings is 2. The molecule has 1 aliphatic carbocycles. The summed E-state index contributed by atoms with van der Waals surface area (Å²) < 4.78 is 13.8. The van der Waals surface area contributed by atoms with Crippen molar-refractivity contribution < 1.29 is 14.3 Å². The zero-order valence-electron chi connectivity index (χ0n) is 20.7. The molecule has 2 aromatic carbocycles. The van der Waals surface area contributed by atoms with Gasteiger partial charge in [-0.2, -0.15) is 0 Å². The van der Waals surface area contributed by atoms with Crippen LogP contribution in [0.15, 0.2) is 62.6 Å². The Morgan fingerprint density at radius 3 is 2.51 bits per heavy atom. The van der Waals surface area contributed by atoms with E-state index >= 15 is 0 Å². The Morgan fingerprint density at radius 2 is 1.81 bits per heavy atom. The van der Waals surface area contributed by atoms with Crippen molar-refractivity contribution in [2.75, 3.05) is 6.61 Å². The lowest BCUT2D eigenvalue weighted by molar-refractivity contribution is 0.353. The van der Waals surface area contributed by atoms with Gasteiger partial charge in [-0.1, -0.05) is 44.4 Å².